The summed E-state index contributed by atoms with van der Waals surface area (Å²) in [5.41, 5.74) is 1.33. The van der Waals surface area contributed by atoms with E-state index in [1.54, 1.807) is 12.1 Å². The van der Waals surface area contributed by atoms with Crippen molar-refractivity contribution >= 4 is 17.9 Å². The summed E-state index contributed by atoms with van der Waals surface area (Å²) in [6.45, 7) is 6.29. The molecule has 3 aliphatic carbocycles. The third kappa shape index (κ3) is 3.84. The number of esters is 3. The van der Waals surface area contributed by atoms with Crippen LogP contribution in [0.4, 0.5) is 0 Å². The minimum absolute atomic E-state index is 0.0668. The topological polar surface area (TPSA) is 99.1 Å². The zero-order valence-corrected chi connectivity index (χ0v) is 18.4. The Morgan fingerprint density at radius 2 is 1.71 bits per heavy atom. The van der Waals surface area contributed by atoms with Gasteiger partial charge in [0.15, 0.2) is 0 Å². The molecule has 0 heterocycles. The van der Waals surface area contributed by atoms with Gasteiger partial charge < -0.3 is 19.3 Å². The molecule has 0 saturated heterocycles. The normalized spacial score (nSPS) is 35.9. The zero-order chi connectivity index (χ0) is 22.5. The fraction of sp³-hybridized carbons (Fsp3) is 0.625. The average Bonchev–Trinajstić information content (AvgIpc) is 2.96. The van der Waals surface area contributed by atoms with Gasteiger partial charge in [0.05, 0.1) is 6.10 Å². The fourth-order valence-electron chi connectivity index (χ4n) is 6.52. The molecule has 2 fully saturated rings. The van der Waals surface area contributed by atoms with Crippen LogP contribution < -0.4 is 4.74 Å². The largest absolute Gasteiger partial charge is 0.462 e. The molecule has 7 atom stereocenters. The van der Waals surface area contributed by atoms with Gasteiger partial charge in [-0.25, -0.2) is 0 Å². The Balaban J connectivity index is 1.75. The molecular formula is C24H30O7. The van der Waals surface area contributed by atoms with Crippen molar-refractivity contribution in [1.29, 1.82) is 0 Å². The van der Waals surface area contributed by atoms with E-state index in [-0.39, 0.29) is 47.3 Å². The van der Waals surface area contributed by atoms with Gasteiger partial charge in [-0.3, -0.25) is 14.4 Å². The Morgan fingerprint density at radius 3 is 2.35 bits per heavy atom. The number of aliphatic hydroxyl groups is 1. The van der Waals surface area contributed by atoms with Crippen molar-refractivity contribution in [2.24, 2.45) is 17.3 Å². The standard InChI is InChI=1S/C24H30O7/c1-12(25)29-15-5-6-16-17(9-15)20(28)10-18-19-7-8-22(31-14(3)27)24(19,4)11-21(23(16)18)30-13(2)26/h5-6,9,18-23,28H,7-8,10-11H2,1-4H3/t18-,19-,20+,21+,22-,23+,24-/m0/s1. The van der Waals surface area contributed by atoms with Crippen LogP contribution in [0.15, 0.2) is 18.2 Å². The minimum Gasteiger partial charge on any atom is -0.462 e. The molecule has 31 heavy (non-hydrogen) atoms. The predicted molar refractivity (Wildman–Crippen MR) is 110 cm³/mol. The van der Waals surface area contributed by atoms with Gasteiger partial charge in [0.25, 0.3) is 0 Å². The van der Waals surface area contributed by atoms with Gasteiger partial charge in [0, 0.05) is 32.1 Å². The molecule has 1 N–H and O–H groups in total. The maximum atomic E-state index is 12.0. The van der Waals surface area contributed by atoms with Crippen LogP contribution in [0.1, 0.15) is 76.5 Å². The lowest BCUT2D eigenvalue weighted by molar-refractivity contribution is -0.170. The van der Waals surface area contributed by atoms with E-state index in [0.29, 0.717) is 18.6 Å². The van der Waals surface area contributed by atoms with Gasteiger partial charge >= 0.3 is 17.9 Å². The predicted octanol–water partition coefficient (Wildman–Crippen LogP) is 3.43. The first-order valence-electron chi connectivity index (χ1n) is 10.9. The van der Waals surface area contributed by atoms with Crippen LogP contribution in [0.25, 0.3) is 0 Å². The van der Waals surface area contributed by atoms with Crippen LogP contribution in [-0.2, 0) is 23.9 Å². The van der Waals surface area contributed by atoms with E-state index in [1.807, 2.05) is 6.07 Å². The molecule has 7 nitrogen and oxygen atoms in total. The molecule has 1 aromatic rings. The fourth-order valence-corrected chi connectivity index (χ4v) is 6.52. The first-order valence-corrected chi connectivity index (χ1v) is 10.9. The summed E-state index contributed by atoms with van der Waals surface area (Å²) in [5, 5.41) is 11.0. The van der Waals surface area contributed by atoms with Crippen molar-refractivity contribution in [3.05, 3.63) is 29.3 Å². The highest BCUT2D eigenvalue weighted by molar-refractivity contribution is 5.69. The van der Waals surface area contributed by atoms with E-state index >= 15 is 0 Å². The van der Waals surface area contributed by atoms with Crippen LogP contribution >= 0.6 is 0 Å². The Bertz CT molecular complexity index is 909. The van der Waals surface area contributed by atoms with Crippen molar-refractivity contribution < 1.29 is 33.7 Å². The number of carbonyl (C=O) groups excluding carboxylic acids is 3. The zero-order valence-electron chi connectivity index (χ0n) is 18.4. The van der Waals surface area contributed by atoms with E-state index in [2.05, 4.69) is 6.92 Å². The molecule has 0 bridgehead atoms. The average molecular weight is 430 g/mol. The highest BCUT2D eigenvalue weighted by atomic mass is 16.6. The number of fused-ring (bicyclic) bond motifs is 5. The molecule has 168 valence electrons. The molecule has 4 rings (SSSR count). The summed E-state index contributed by atoms with van der Waals surface area (Å²) in [6.07, 6.45) is 1.47. The number of hydrogen-bond acceptors (Lipinski definition) is 7. The second-order valence-electron chi connectivity index (χ2n) is 9.47. The van der Waals surface area contributed by atoms with Gasteiger partial charge in [-0.1, -0.05) is 13.0 Å². The van der Waals surface area contributed by atoms with Crippen molar-refractivity contribution in [2.75, 3.05) is 0 Å². The summed E-state index contributed by atoms with van der Waals surface area (Å²) in [6, 6.07) is 5.32. The second-order valence-corrected chi connectivity index (χ2v) is 9.47. The first-order chi connectivity index (χ1) is 14.6. The minimum atomic E-state index is -0.708. The molecule has 2 saturated carbocycles. The van der Waals surface area contributed by atoms with Crippen LogP contribution in [0.2, 0.25) is 0 Å². The Hall–Kier alpha value is -2.41. The lowest BCUT2D eigenvalue weighted by Crippen LogP contribution is -2.52. The van der Waals surface area contributed by atoms with Gasteiger partial charge in [-0.15, -0.1) is 0 Å². The third-order valence-electron chi connectivity index (χ3n) is 7.50. The summed E-state index contributed by atoms with van der Waals surface area (Å²) in [4.78, 5) is 35.0. The monoisotopic (exact) mass is 430 g/mol. The highest BCUT2D eigenvalue weighted by Crippen LogP contribution is 2.63. The third-order valence-corrected chi connectivity index (χ3v) is 7.50. The quantitative estimate of drug-likeness (QED) is 0.579. The van der Waals surface area contributed by atoms with E-state index in [1.165, 1.54) is 20.8 Å². The molecule has 0 unspecified atom stereocenters. The van der Waals surface area contributed by atoms with Crippen LogP contribution in [0.3, 0.4) is 0 Å². The lowest BCUT2D eigenvalue weighted by Gasteiger charge is -2.53. The maximum absolute atomic E-state index is 12.0. The van der Waals surface area contributed by atoms with Crippen LogP contribution in [0.5, 0.6) is 5.75 Å². The molecule has 0 spiro atoms. The van der Waals surface area contributed by atoms with Crippen molar-refractivity contribution in [3.8, 4) is 5.75 Å². The number of ether oxygens (including phenoxy) is 3. The molecule has 1 aromatic carbocycles. The molecule has 0 aliphatic heterocycles. The number of rotatable bonds is 3. The molecular weight excluding hydrogens is 400 g/mol. The van der Waals surface area contributed by atoms with Crippen molar-refractivity contribution in [2.45, 2.75) is 77.6 Å². The number of aliphatic hydroxyl groups excluding tert-OH is 1. The Morgan fingerprint density at radius 1 is 1.00 bits per heavy atom. The van der Waals surface area contributed by atoms with E-state index in [4.69, 9.17) is 14.2 Å². The Kier molecular flexibility index (Phi) is 5.58. The highest BCUT2D eigenvalue weighted by Gasteiger charge is 2.60. The molecule has 0 radical (unpaired) electrons. The van der Waals surface area contributed by atoms with Gasteiger partial charge in [0.2, 0.25) is 0 Å². The second kappa shape index (κ2) is 7.93. The summed E-state index contributed by atoms with van der Waals surface area (Å²) >= 11 is 0. The van der Waals surface area contributed by atoms with Gasteiger partial charge in [-0.2, -0.15) is 0 Å². The molecule has 0 amide bonds. The van der Waals surface area contributed by atoms with Crippen LogP contribution in [-0.4, -0.2) is 35.2 Å². The van der Waals surface area contributed by atoms with E-state index in [0.717, 1.165) is 24.0 Å². The van der Waals surface area contributed by atoms with E-state index < -0.39 is 12.1 Å². The van der Waals surface area contributed by atoms with Crippen LogP contribution in [0, 0.1) is 17.3 Å². The number of benzene rings is 1. The van der Waals surface area contributed by atoms with E-state index in [9.17, 15) is 19.5 Å². The van der Waals surface area contributed by atoms with Crippen molar-refractivity contribution in [1.82, 2.24) is 0 Å². The SMILES string of the molecule is CC(=O)Oc1ccc2c(c1)[C@H](O)C[C@@H]1[C@@H]2[C@H](OC(C)=O)C[C@]2(C)[C@@H](OC(C)=O)CC[C@@H]12. The molecule has 0 aromatic heterocycles. The number of hydrogen-bond donors (Lipinski definition) is 1. The summed E-state index contributed by atoms with van der Waals surface area (Å²) < 4.78 is 16.7. The molecule has 3 aliphatic rings. The lowest BCUT2D eigenvalue weighted by atomic mass is 9.54. The maximum Gasteiger partial charge on any atom is 0.308 e. The van der Waals surface area contributed by atoms with Gasteiger partial charge in [0.1, 0.15) is 18.0 Å². The summed E-state index contributed by atoms with van der Waals surface area (Å²) in [5.74, 6) is -0.415. The van der Waals surface area contributed by atoms with Gasteiger partial charge in [-0.05, 0) is 60.8 Å². The summed E-state index contributed by atoms with van der Waals surface area (Å²) in [7, 11) is 0. The molecule has 7 heteroatoms. The Labute approximate surface area is 182 Å². The smallest absolute Gasteiger partial charge is 0.308 e. The van der Waals surface area contributed by atoms with Crippen molar-refractivity contribution in [3.63, 3.8) is 0 Å². The first kappa shape index (κ1) is 21.8. The number of carbonyl (C=O) groups is 3.